The smallest absolute Gasteiger partial charge is 0.337 e. The van der Waals surface area contributed by atoms with Gasteiger partial charge in [0.1, 0.15) is 10.6 Å². The first kappa shape index (κ1) is 25.9. The summed E-state index contributed by atoms with van der Waals surface area (Å²) < 4.78 is 16.3. The summed E-state index contributed by atoms with van der Waals surface area (Å²) in [6, 6.07) is 9.37. The Morgan fingerprint density at radius 3 is 2.33 bits per heavy atom. The van der Waals surface area contributed by atoms with E-state index >= 15 is 0 Å². The molecule has 2 heterocycles. The average molecular weight is 528 g/mol. The molecular weight excluding hydrogens is 501 g/mol. The Bertz CT molecular complexity index is 1620. The van der Waals surface area contributed by atoms with Crippen molar-refractivity contribution in [3.63, 3.8) is 0 Å². The molecule has 0 unspecified atom stereocenters. The maximum absolute atomic E-state index is 13.8. The van der Waals surface area contributed by atoms with E-state index in [1.54, 1.807) is 24.0 Å². The quantitative estimate of drug-likeness (QED) is 0.334. The molecule has 188 valence electrons. The van der Waals surface area contributed by atoms with E-state index in [1.165, 1.54) is 22.8 Å². The Morgan fingerprint density at radius 1 is 1.03 bits per heavy atom. The number of amides is 1. The number of hydrogen-bond acceptors (Lipinski definition) is 4. The molecule has 2 aromatic heterocycles. The van der Waals surface area contributed by atoms with Gasteiger partial charge >= 0.3 is 5.69 Å². The summed E-state index contributed by atoms with van der Waals surface area (Å²) in [6.07, 6.45) is 0. The highest BCUT2D eigenvalue weighted by Gasteiger charge is 2.26. The molecule has 36 heavy (non-hydrogen) atoms. The highest BCUT2D eigenvalue weighted by atomic mass is 35.5. The Morgan fingerprint density at radius 2 is 1.72 bits per heavy atom. The van der Waals surface area contributed by atoms with Gasteiger partial charge in [0.05, 0.1) is 22.5 Å². The van der Waals surface area contributed by atoms with Crippen LogP contribution in [0.4, 0.5) is 4.39 Å². The molecule has 9 heteroatoms. The van der Waals surface area contributed by atoms with Crippen molar-refractivity contribution >= 4 is 39.1 Å². The summed E-state index contributed by atoms with van der Waals surface area (Å²) >= 11 is 7.42. The van der Waals surface area contributed by atoms with E-state index in [4.69, 9.17) is 11.6 Å². The van der Waals surface area contributed by atoms with Crippen LogP contribution in [0.2, 0.25) is 5.02 Å². The van der Waals surface area contributed by atoms with Crippen molar-refractivity contribution in [3.05, 3.63) is 95.2 Å². The molecule has 4 aromatic rings. The minimum absolute atomic E-state index is 0.0123. The molecule has 1 amide bonds. The third kappa shape index (κ3) is 4.40. The fourth-order valence-electron chi connectivity index (χ4n) is 4.26. The van der Waals surface area contributed by atoms with Gasteiger partial charge < -0.3 is 4.90 Å². The van der Waals surface area contributed by atoms with Crippen LogP contribution in [0.15, 0.2) is 46.0 Å². The van der Waals surface area contributed by atoms with Crippen molar-refractivity contribution in [2.75, 3.05) is 13.1 Å². The lowest BCUT2D eigenvalue weighted by Crippen LogP contribution is -2.39. The molecule has 0 bridgehead atoms. The van der Waals surface area contributed by atoms with Crippen molar-refractivity contribution in [1.29, 1.82) is 0 Å². The summed E-state index contributed by atoms with van der Waals surface area (Å²) in [4.78, 5) is 43.4. The molecule has 0 spiro atoms. The van der Waals surface area contributed by atoms with E-state index in [-0.39, 0.29) is 17.5 Å². The third-order valence-electron chi connectivity index (χ3n) is 6.55. The van der Waals surface area contributed by atoms with Crippen LogP contribution in [0.3, 0.4) is 0 Å². The molecule has 0 fully saturated rings. The summed E-state index contributed by atoms with van der Waals surface area (Å²) in [5.41, 5.74) is 2.43. The molecule has 0 N–H and O–H groups in total. The zero-order valence-corrected chi connectivity index (χ0v) is 22.4. The van der Waals surface area contributed by atoms with Crippen molar-refractivity contribution < 1.29 is 9.18 Å². The van der Waals surface area contributed by atoms with Gasteiger partial charge in [0.2, 0.25) is 0 Å². The number of aromatic nitrogens is 2. The van der Waals surface area contributed by atoms with Gasteiger partial charge in [0.25, 0.3) is 11.5 Å². The van der Waals surface area contributed by atoms with Crippen LogP contribution in [0, 0.1) is 26.6 Å². The first-order valence-corrected chi connectivity index (χ1v) is 12.9. The molecule has 0 aliphatic carbocycles. The second-order valence-corrected chi connectivity index (χ2v) is 10.1. The second-order valence-electron chi connectivity index (χ2n) is 8.73. The van der Waals surface area contributed by atoms with E-state index in [2.05, 4.69) is 0 Å². The van der Waals surface area contributed by atoms with Crippen LogP contribution in [0.25, 0.3) is 15.9 Å². The molecule has 0 radical (unpaired) electrons. The topological polar surface area (TPSA) is 64.3 Å². The maximum Gasteiger partial charge on any atom is 0.337 e. The minimum Gasteiger partial charge on any atom is -0.338 e. The zero-order valence-electron chi connectivity index (χ0n) is 20.8. The number of aryl methyl sites for hydroxylation is 3. The van der Waals surface area contributed by atoms with Crippen molar-refractivity contribution in [1.82, 2.24) is 14.0 Å². The molecule has 0 saturated carbocycles. The van der Waals surface area contributed by atoms with Crippen molar-refractivity contribution in [2.45, 2.75) is 41.2 Å². The highest BCUT2D eigenvalue weighted by Crippen LogP contribution is 2.30. The fraction of sp³-hybridized carbons (Fsp3) is 0.296. The van der Waals surface area contributed by atoms with Crippen LogP contribution in [-0.2, 0) is 6.54 Å². The predicted octanol–water partition coefficient (Wildman–Crippen LogP) is 5.46. The summed E-state index contributed by atoms with van der Waals surface area (Å²) in [7, 11) is 0. The predicted molar refractivity (Wildman–Crippen MR) is 144 cm³/mol. The first-order chi connectivity index (χ1) is 17.1. The van der Waals surface area contributed by atoms with Gasteiger partial charge in [0, 0.05) is 18.1 Å². The highest BCUT2D eigenvalue weighted by molar-refractivity contribution is 7.20. The van der Waals surface area contributed by atoms with Crippen LogP contribution in [-0.4, -0.2) is 33.0 Å². The zero-order chi connectivity index (χ0) is 26.3. The average Bonchev–Trinajstić information content (AvgIpc) is 3.18. The van der Waals surface area contributed by atoms with Gasteiger partial charge in [-0.15, -0.1) is 11.3 Å². The Kier molecular flexibility index (Phi) is 7.20. The number of thiophene rings is 1. The normalized spacial score (nSPS) is 11.3. The lowest BCUT2D eigenvalue weighted by Gasteiger charge is -2.17. The fourth-order valence-corrected chi connectivity index (χ4v) is 5.74. The Hall–Kier alpha value is -3.23. The van der Waals surface area contributed by atoms with Crippen LogP contribution >= 0.6 is 22.9 Å². The molecule has 6 nitrogen and oxygen atoms in total. The molecule has 0 saturated heterocycles. The molecule has 0 aliphatic rings. The number of benzene rings is 2. The largest absolute Gasteiger partial charge is 0.338 e. The monoisotopic (exact) mass is 527 g/mol. The minimum atomic E-state index is -0.556. The van der Waals surface area contributed by atoms with Gasteiger partial charge in [0.15, 0.2) is 0 Å². The Labute approximate surface area is 217 Å². The van der Waals surface area contributed by atoms with Gasteiger partial charge in [-0.1, -0.05) is 23.7 Å². The van der Waals surface area contributed by atoms with Crippen LogP contribution in [0.5, 0.6) is 0 Å². The molecule has 4 rings (SSSR count). The number of carbonyl (C=O) groups is 1. The summed E-state index contributed by atoms with van der Waals surface area (Å²) in [5, 5.41) is 0.485. The van der Waals surface area contributed by atoms with Crippen molar-refractivity contribution in [2.24, 2.45) is 0 Å². The number of rotatable bonds is 6. The number of fused-ring (bicyclic) bond motifs is 1. The lowest BCUT2D eigenvalue weighted by molar-refractivity contribution is 0.0777. The number of halogens is 2. The first-order valence-electron chi connectivity index (χ1n) is 11.7. The number of nitrogens with zero attached hydrogens (tertiary/aromatic N) is 3. The second kappa shape index (κ2) is 10.0. The maximum atomic E-state index is 13.8. The Balaban J connectivity index is 2.07. The van der Waals surface area contributed by atoms with E-state index in [0.717, 1.165) is 27.0 Å². The molecule has 0 atom stereocenters. The third-order valence-corrected chi connectivity index (χ3v) is 8.20. The number of carbonyl (C=O) groups excluding carboxylic acids is 1. The number of hydrogen-bond donors (Lipinski definition) is 0. The van der Waals surface area contributed by atoms with Crippen molar-refractivity contribution in [3.8, 4) is 5.69 Å². The van der Waals surface area contributed by atoms with Gasteiger partial charge in [-0.05, 0) is 81.1 Å². The lowest BCUT2D eigenvalue weighted by atomic mass is 10.1. The molecule has 0 aliphatic heterocycles. The summed E-state index contributed by atoms with van der Waals surface area (Å²) in [6.45, 7) is 10.4. The molecule has 2 aromatic carbocycles. The van der Waals surface area contributed by atoms with Crippen LogP contribution in [0.1, 0.15) is 45.8 Å². The summed E-state index contributed by atoms with van der Waals surface area (Å²) in [5.74, 6) is -0.671. The van der Waals surface area contributed by atoms with Gasteiger partial charge in [-0.3, -0.25) is 14.2 Å². The van der Waals surface area contributed by atoms with Crippen LogP contribution < -0.4 is 11.2 Å². The SMILES string of the molecule is CCN(CC)C(=O)c1sc2c(c1C)c(=O)n(-c1ccc(C)c(C)c1)c(=O)n2Cc1ccc(F)cc1Cl. The van der Waals surface area contributed by atoms with Gasteiger partial charge in [-0.25, -0.2) is 13.8 Å². The van der Waals surface area contributed by atoms with E-state index in [1.807, 2.05) is 33.8 Å². The van der Waals surface area contributed by atoms with E-state index < -0.39 is 17.1 Å². The van der Waals surface area contributed by atoms with E-state index in [0.29, 0.717) is 45.0 Å². The standard InChI is InChI=1S/C27H27ClFN3O3S/c1-6-30(7-2)25(34)23-17(5)22-24(33)32(20-11-8-15(3)16(4)12-20)27(35)31(26(22)36-23)14-18-9-10-19(29)13-21(18)28/h8-13H,6-7,14H2,1-5H3. The molecular formula is C27H27ClFN3O3S. The van der Waals surface area contributed by atoms with Gasteiger partial charge in [-0.2, -0.15) is 0 Å². The van der Waals surface area contributed by atoms with E-state index in [9.17, 15) is 18.8 Å².